The van der Waals surface area contributed by atoms with Gasteiger partial charge >= 0.3 is 12.2 Å². The van der Waals surface area contributed by atoms with Crippen molar-refractivity contribution in [3.63, 3.8) is 0 Å². The number of nitrogens with one attached hydrogen (secondary N) is 1. The van der Waals surface area contributed by atoms with Gasteiger partial charge in [0.1, 0.15) is 29.1 Å². The van der Waals surface area contributed by atoms with Gasteiger partial charge in [-0.1, -0.05) is 6.07 Å². The highest BCUT2D eigenvalue weighted by molar-refractivity contribution is 6.23. The quantitative estimate of drug-likeness (QED) is 0.244. The standard InChI is InChI=1S/C35H38N6O6/c1-33(2,3)46-31(43)40-26-13-11-21(45-7)15-24(26)35(30(40)42)16-25(35)20-10-12-22-27(14-20)41(32(44)47-34(4,5)6)39-29(22)38-28-23(19-8-9-19)17-36-18-37-28/h10-15,17-19,25H,8-9,16H2,1-7H3,(H,36,37,38,39)/t25-,35-/m0/s1. The van der Waals surface area contributed by atoms with Gasteiger partial charge in [0.05, 0.1) is 23.7 Å². The van der Waals surface area contributed by atoms with E-state index in [-0.39, 0.29) is 11.8 Å². The van der Waals surface area contributed by atoms with E-state index < -0.39 is 28.8 Å². The number of carbonyl (C=O) groups is 3. The van der Waals surface area contributed by atoms with E-state index in [2.05, 4.69) is 20.4 Å². The summed E-state index contributed by atoms with van der Waals surface area (Å²) in [5, 5.41) is 8.69. The summed E-state index contributed by atoms with van der Waals surface area (Å²) < 4.78 is 18.1. The van der Waals surface area contributed by atoms with E-state index in [9.17, 15) is 14.4 Å². The highest BCUT2D eigenvalue weighted by Crippen LogP contribution is 2.67. The van der Waals surface area contributed by atoms with Gasteiger partial charge in [-0.3, -0.25) is 4.79 Å². The Morgan fingerprint density at radius 3 is 2.36 bits per heavy atom. The van der Waals surface area contributed by atoms with Crippen LogP contribution in [0.3, 0.4) is 0 Å². The SMILES string of the molecule is COc1ccc2c(c1)[C@]1(C[C@H]1c1ccc3c(Nc4ncncc4C4CC4)nn(C(=O)OC(C)(C)C)c3c1)C(=O)N2C(=O)OC(C)(C)C. The summed E-state index contributed by atoms with van der Waals surface area (Å²) in [6.07, 6.45) is 4.55. The number of amides is 2. The fraction of sp³-hybridized carbons (Fsp3) is 0.429. The molecule has 2 aromatic heterocycles. The first kappa shape index (κ1) is 30.6. The van der Waals surface area contributed by atoms with Crippen molar-refractivity contribution in [3.05, 3.63) is 65.6 Å². The molecule has 3 aliphatic rings. The molecule has 1 spiro atoms. The first-order valence-corrected chi connectivity index (χ1v) is 15.8. The molecule has 2 fully saturated rings. The second-order valence-electron chi connectivity index (χ2n) is 14.5. The number of benzene rings is 2. The van der Waals surface area contributed by atoms with E-state index in [0.29, 0.717) is 51.9 Å². The largest absolute Gasteiger partial charge is 0.497 e. The number of imide groups is 1. The maximum atomic E-state index is 14.2. The van der Waals surface area contributed by atoms with Gasteiger partial charge in [-0.05, 0) is 108 Å². The summed E-state index contributed by atoms with van der Waals surface area (Å²) >= 11 is 0. The molecule has 12 heteroatoms. The van der Waals surface area contributed by atoms with E-state index in [0.717, 1.165) is 28.9 Å². The van der Waals surface area contributed by atoms with Crippen LogP contribution in [-0.2, 0) is 19.7 Å². The monoisotopic (exact) mass is 638 g/mol. The van der Waals surface area contributed by atoms with E-state index in [1.54, 1.807) is 60.8 Å². The zero-order valence-corrected chi connectivity index (χ0v) is 27.6. The average molecular weight is 639 g/mol. The molecule has 12 nitrogen and oxygen atoms in total. The second-order valence-corrected chi connectivity index (χ2v) is 14.5. The van der Waals surface area contributed by atoms with Crippen molar-refractivity contribution < 1.29 is 28.6 Å². The minimum Gasteiger partial charge on any atom is -0.497 e. The third kappa shape index (κ3) is 5.35. The third-order valence-electron chi connectivity index (χ3n) is 8.72. The minimum absolute atomic E-state index is 0.278. The topological polar surface area (TPSA) is 138 Å². The Labute approximate surface area is 272 Å². The van der Waals surface area contributed by atoms with Gasteiger partial charge in [-0.25, -0.2) is 24.5 Å². The fourth-order valence-corrected chi connectivity index (χ4v) is 6.44. The Kier molecular flexibility index (Phi) is 6.85. The van der Waals surface area contributed by atoms with Gasteiger partial charge in [0.15, 0.2) is 5.82 Å². The molecule has 244 valence electrons. The lowest BCUT2D eigenvalue weighted by atomic mass is 9.91. The number of nitrogens with zero attached hydrogens (tertiary/aromatic N) is 5. The van der Waals surface area contributed by atoms with E-state index in [1.807, 2.05) is 30.5 Å². The Morgan fingerprint density at radius 2 is 1.68 bits per heavy atom. The minimum atomic E-state index is -0.994. The number of carbonyl (C=O) groups excluding carboxylic acids is 3. The highest BCUT2D eigenvalue weighted by atomic mass is 16.6. The summed E-state index contributed by atoms with van der Waals surface area (Å²) in [6, 6.07) is 11.0. The number of anilines is 3. The van der Waals surface area contributed by atoms with Crippen LogP contribution < -0.4 is 15.0 Å². The summed E-state index contributed by atoms with van der Waals surface area (Å²) in [7, 11) is 1.56. The number of hydrogen-bond acceptors (Lipinski definition) is 10. The molecule has 1 aliphatic heterocycles. The van der Waals surface area contributed by atoms with E-state index >= 15 is 0 Å². The average Bonchev–Trinajstić information content (AvgIpc) is 3.91. The fourth-order valence-electron chi connectivity index (χ4n) is 6.44. The Morgan fingerprint density at radius 1 is 0.957 bits per heavy atom. The van der Waals surface area contributed by atoms with Crippen LogP contribution in [0.25, 0.3) is 10.9 Å². The van der Waals surface area contributed by atoms with Crippen molar-refractivity contribution in [1.29, 1.82) is 0 Å². The molecule has 0 radical (unpaired) electrons. The Bertz CT molecular complexity index is 1950. The van der Waals surface area contributed by atoms with Crippen LogP contribution >= 0.6 is 0 Å². The number of rotatable bonds is 5. The smallest absolute Gasteiger partial charge is 0.435 e. The number of methoxy groups -OCH3 is 1. The van der Waals surface area contributed by atoms with Crippen molar-refractivity contribution in [2.24, 2.45) is 0 Å². The molecule has 2 atom stereocenters. The van der Waals surface area contributed by atoms with Crippen LogP contribution in [0, 0.1) is 0 Å². The van der Waals surface area contributed by atoms with Gasteiger partial charge in [-0.2, -0.15) is 4.68 Å². The van der Waals surface area contributed by atoms with E-state index in [1.165, 1.54) is 11.0 Å². The first-order valence-electron chi connectivity index (χ1n) is 15.8. The number of fused-ring (bicyclic) bond motifs is 3. The molecule has 2 aliphatic carbocycles. The zero-order valence-electron chi connectivity index (χ0n) is 27.6. The van der Waals surface area contributed by atoms with E-state index in [4.69, 9.17) is 14.2 Å². The molecule has 7 rings (SSSR count). The molecule has 2 saturated carbocycles. The van der Waals surface area contributed by atoms with Gasteiger partial charge in [0.25, 0.3) is 0 Å². The molecule has 1 N–H and O–H groups in total. The molecule has 4 aromatic rings. The molecule has 3 heterocycles. The highest BCUT2D eigenvalue weighted by Gasteiger charge is 2.68. The predicted molar refractivity (Wildman–Crippen MR) is 174 cm³/mol. The number of aromatic nitrogens is 4. The molecule has 47 heavy (non-hydrogen) atoms. The lowest BCUT2D eigenvalue weighted by Gasteiger charge is -2.24. The summed E-state index contributed by atoms with van der Waals surface area (Å²) in [5.41, 5.74) is 1.000. The van der Waals surface area contributed by atoms with Gasteiger partial charge in [0, 0.05) is 23.1 Å². The van der Waals surface area contributed by atoms with Crippen molar-refractivity contribution in [2.45, 2.75) is 89.3 Å². The van der Waals surface area contributed by atoms with Crippen LogP contribution in [0.2, 0.25) is 0 Å². The first-order chi connectivity index (χ1) is 22.2. The summed E-state index contributed by atoms with van der Waals surface area (Å²) in [5.74, 6) is 1.44. The second kappa shape index (κ2) is 10.5. The Balaban J connectivity index is 1.30. The summed E-state index contributed by atoms with van der Waals surface area (Å²) in [6.45, 7) is 10.7. The molecular formula is C35H38N6O6. The Hall–Kier alpha value is -5.00. The number of hydrogen-bond donors (Lipinski definition) is 1. The van der Waals surface area contributed by atoms with Crippen molar-refractivity contribution in [1.82, 2.24) is 19.7 Å². The van der Waals surface area contributed by atoms with Crippen LogP contribution in [0.4, 0.5) is 26.9 Å². The lowest BCUT2D eigenvalue weighted by molar-refractivity contribution is -0.120. The van der Waals surface area contributed by atoms with Gasteiger partial charge < -0.3 is 19.5 Å². The molecule has 0 saturated heterocycles. The molecule has 0 unspecified atom stereocenters. The van der Waals surface area contributed by atoms with Crippen molar-refractivity contribution >= 4 is 46.3 Å². The van der Waals surface area contributed by atoms with Gasteiger partial charge in [-0.15, -0.1) is 5.10 Å². The molecular weight excluding hydrogens is 600 g/mol. The normalized spacial score (nSPS) is 20.4. The lowest BCUT2D eigenvalue weighted by Crippen LogP contribution is -2.41. The number of ether oxygens (including phenoxy) is 3. The maximum absolute atomic E-state index is 14.2. The van der Waals surface area contributed by atoms with Crippen LogP contribution in [0.5, 0.6) is 5.75 Å². The molecule has 2 amide bonds. The van der Waals surface area contributed by atoms with Gasteiger partial charge in [0.2, 0.25) is 5.91 Å². The van der Waals surface area contributed by atoms with Crippen LogP contribution in [-0.4, -0.2) is 56.2 Å². The third-order valence-corrected chi connectivity index (χ3v) is 8.72. The molecule has 2 aromatic carbocycles. The molecule has 0 bridgehead atoms. The van der Waals surface area contributed by atoms with Crippen molar-refractivity contribution in [3.8, 4) is 5.75 Å². The predicted octanol–water partition coefficient (Wildman–Crippen LogP) is 6.95. The maximum Gasteiger partial charge on any atom is 0.435 e. The van der Waals surface area contributed by atoms with Crippen LogP contribution in [0.15, 0.2) is 48.9 Å². The summed E-state index contributed by atoms with van der Waals surface area (Å²) in [4.78, 5) is 50.9. The van der Waals surface area contributed by atoms with Crippen LogP contribution in [0.1, 0.15) is 89.3 Å². The zero-order chi connectivity index (χ0) is 33.5. The van der Waals surface area contributed by atoms with Crippen molar-refractivity contribution in [2.75, 3.05) is 17.3 Å².